The van der Waals surface area contributed by atoms with Gasteiger partial charge in [0.1, 0.15) is 5.82 Å². The van der Waals surface area contributed by atoms with Crippen LogP contribution in [0.3, 0.4) is 0 Å². The molecule has 164 valence electrons. The fourth-order valence-corrected chi connectivity index (χ4v) is 5.60. The summed E-state index contributed by atoms with van der Waals surface area (Å²) in [6, 6.07) is 13.2. The molecule has 0 fully saturated rings. The standard InChI is InChI=1S/C22H20FN5O3S/c1-14-8-9-16(23)12-19(14)32(29,30)28-11-10-18-17(13-28)20(25-27(18)2)22-24-21(26-31-22)15-6-4-3-5-7-15/h3-9,12H,10-11,13H2,1-2H3. The van der Waals surface area contributed by atoms with E-state index in [1.807, 2.05) is 30.3 Å². The maximum Gasteiger partial charge on any atom is 0.279 e. The number of hydrogen-bond acceptors (Lipinski definition) is 6. The van der Waals surface area contributed by atoms with Crippen LogP contribution in [0.5, 0.6) is 0 Å². The molecule has 2 aromatic heterocycles. The van der Waals surface area contributed by atoms with E-state index >= 15 is 0 Å². The van der Waals surface area contributed by atoms with Crippen LogP contribution in [0.4, 0.5) is 4.39 Å². The molecule has 0 N–H and O–H groups in total. The first kappa shape index (κ1) is 20.5. The maximum absolute atomic E-state index is 13.8. The van der Waals surface area contributed by atoms with E-state index in [4.69, 9.17) is 4.52 Å². The number of halogens is 1. The number of aromatic nitrogens is 4. The van der Waals surface area contributed by atoms with Gasteiger partial charge in [0, 0.05) is 43.4 Å². The second-order valence-electron chi connectivity index (χ2n) is 7.69. The van der Waals surface area contributed by atoms with E-state index in [1.54, 1.807) is 18.7 Å². The number of benzene rings is 2. The third-order valence-corrected chi connectivity index (χ3v) is 7.62. The molecule has 0 atom stereocenters. The number of fused-ring (bicyclic) bond motifs is 1. The molecule has 32 heavy (non-hydrogen) atoms. The summed E-state index contributed by atoms with van der Waals surface area (Å²) in [7, 11) is -2.09. The topological polar surface area (TPSA) is 94.1 Å². The third kappa shape index (κ3) is 3.41. The minimum absolute atomic E-state index is 0.0319. The smallest absolute Gasteiger partial charge is 0.279 e. The quantitative estimate of drug-likeness (QED) is 0.471. The molecule has 4 aromatic rings. The Kier molecular flexibility index (Phi) is 4.90. The van der Waals surface area contributed by atoms with Crippen LogP contribution in [0.25, 0.3) is 23.0 Å². The van der Waals surface area contributed by atoms with Gasteiger partial charge < -0.3 is 4.52 Å². The predicted molar refractivity (Wildman–Crippen MR) is 114 cm³/mol. The third-order valence-electron chi connectivity index (χ3n) is 5.64. The second kappa shape index (κ2) is 7.64. The lowest BCUT2D eigenvalue weighted by molar-refractivity contribution is 0.384. The van der Waals surface area contributed by atoms with Gasteiger partial charge in [-0.2, -0.15) is 14.4 Å². The van der Waals surface area contributed by atoms with Gasteiger partial charge in [-0.25, -0.2) is 12.8 Å². The molecule has 0 aliphatic carbocycles. The van der Waals surface area contributed by atoms with Gasteiger partial charge in [-0.15, -0.1) is 0 Å². The summed E-state index contributed by atoms with van der Waals surface area (Å²) in [5.74, 6) is 0.0609. The van der Waals surface area contributed by atoms with Crippen LogP contribution in [-0.4, -0.2) is 39.2 Å². The van der Waals surface area contributed by atoms with E-state index in [-0.39, 0.29) is 23.9 Å². The highest BCUT2D eigenvalue weighted by Gasteiger charge is 2.34. The zero-order chi connectivity index (χ0) is 22.5. The zero-order valence-corrected chi connectivity index (χ0v) is 18.3. The first-order chi connectivity index (χ1) is 15.3. The predicted octanol–water partition coefficient (Wildman–Crippen LogP) is 3.33. The Morgan fingerprint density at radius 1 is 1.12 bits per heavy atom. The summed E-state index contributed by atoms with van der Waals surface area (Å²) >= 11 is 0. The van der Waals surface area contributed by atoms with Gasteiger partial charge in [-0.05, 0) is 24.6 Å². The Labute approximate surface area is 184 Å². The van der Waals surface area contributed by atoms with Crippen molar-refractivity contribution in [1.82, 2.24) is 24.2 Å². The molecule has 0 bridgehead atoms. The van der Waals surface area contributed by atoms with E-state index < -0.39 is 15.8 Å². The molecular weight excluding hydrogens is 433 g/mol. The molecule has 2 aromatic carbocycles. The number of sulfonamides is 1. The minimum Gasteiger partial charge on any atom is -0.332 e. The molecule has 0 radical (unpaired) electrons. The monoisotopic (exact) mass is 453 g/mol. The first-order valence-corrected chi connectivity index (χ1v) is 11.5. The van der Waals surface area contributed by atoms with Crippen LogP contribution in [-0.2, 0) is 30.0 Å². The fraction of sp³-hybridized carbons (Fsp3) is 0.227. The number of hydrogen-bond donors (Lipinski definition) is 0. The first-order valence-electron chi connectivity index (χ1n) is 10.0. The Hall–Kier alpha value is -3.37. The van der Waals surface area contributed by atoms with Crippen LogP contribution < -0.4 is 0 Å². The van der Waals surface area contributed by atoms with Crippen LogP contribution >= 0.6 is 0 Å². The van der Waals surface area contributed by atoms with Crippen LogP contribution in [0.2, 0.25) is 0 Å². The van der Waals surface area contributed by atoms with Crippen molar-refractivity contribution in [2.45, 2.75) is 24.8 Å². The molecule has 0 unspecified atom stereocenters. The highest BCUT2D eigenvalue weighted by Crippen LogP contribution is 2.33. The summed E-state index contributed by atoms with van der Waals surface area (Å²) in [6.07, 6.45) is 0.464. The van der Waals surface area contributed by atoms with Gasteiger partial charge in [0.15, 0.2) is 5.69 Å². The van der Waals surface area contributed by atoms with Gasteiger partial charge >= 0.3 is 0 Å². The molecular formula is C22H20FN5O3S. The van der Waals surface area contributed by atoms with Crippen molar-refractivity contribution >= 4 is 10.0 Å². The van der Waals surface area contributed by atoms with Crippen LogP contribution in [0, 0.1) is 12.7 Å². The summed E-state index contributed by atoms with van der Waals surface area (Å²) in [5.41, 5.74) is 3.36. The molecule has 10 heteroatoms. The molecule has 1 aliphatic rings. The average molecular weight is 453 g/mol. The lowest BCUT2D eigenvalue weighted by Gasteiger charge is -2.27. The molecule has 0 amide bonds. The summed E-state index contributed by atoms with van der Waals surface area (Å²) in [4.78, 5) is 4.44. The van der Waals surface area contributed by atoms with E-state index in [1.165, 1.54) is 16.4 Å². The Bertz CT molecular complexity index is 1410. The normalized spacial score (nSPS) is 14.5. The lowest BCUT2D eigenvalue weighted by atomic mass is 10.1. The Morgan fingerprint density at radius 3 is 2.69 bits per heavy atom. The van der Waals surface area contributed by atoms with Gasteiger partial charge in [-0.1, -0.05) is 41.6 Å². The van der Waals surface area contributed by atoms with Gasteiger partial charge in [0.2, 0.25) is 15.8 Å². The van der Waals surface area contributed by atoms with E-state index in [0.717, 1.165) is 17.3 Å². The van der Waals surface area contributed by atoms with Crippen molar-refractivity contribution in [2.24, 2.45) is 7.05 Å². The van der Waals surface area contributed by atoms with Crippen LogP contribution in [0.1, 0.15) is 16.8 Å². The number of nitrogens with zero attached hydrogens (tertiary/aromatic N) is 5. The van der Waals surface area contributed by atoms with E-state index in [0.29, 0.717) is 29.1 Å². The summed E-state index contributed by atoms with van der Waals surface area (Å²) in [6.45, 7) is 2.00. The highest BCUT2D eigenvalue weighted by molar-refractivity contribution is 7.89. The SMILES string of the molecule is Cc1ccc(F)cc1S(=O)(=O)N1CCc2c(c(-c3nc(-c4ccccc4)no3)nn2C)C1. The summed E-state index contributed by atoms with van der Waals surface area (Å²) < 4.78 is 48.9. The van der Waals surface area contributed by atoms with Crippen molar-refractivity contribution in [3.63, 3.8) is 0 Å². The molecule has 0 saturated heterocycles. The summed E-state index contributed by atoms with van der Waals surface area (Å²) in [5, 5.41) is 8.58. The van der Waals surface area contributed by atoms with Crippen molar-refractivity contribution in [1.29, 1.82) is 0 Å². The van der Waals surface area contributed by atoms with Crippen molar-refractivity contribution in [3.8, 4) is 23.0 Å². The zero-order valence-electron chi connectivity index (χ0n) is 17.5. The highest BCUT2D eigenvalue weighted by atomic mass is 32.2. The number of rotatable bonds is 4. The van der Waals surface area contributed by atoms with Crippen LogP contribution in [0.15, 0.2) is 57.9 Å². The molecule has 8 nitrogen and oxygen atoms in total. The largest absolute Gasteiger partial charge is 0.332 e. The molecule has 5 rings (SSSR count). The van der Waals surface area contributed by atoms with E-state index in [9.17, 15) is 12.8 Å². The fourth-order valence-electron chi connectivity index (χ4n) is 3.96. The van der Waals surface area contributed by atoms with Crippen molar-refractivity contribution in [2.75, 3.05) is 6.54 Å². The molecule has 0 saturated carbocycles. The Morgan fingerprint density at radius 2 is 1.91 bits per heavy atom. The van der Waals surface area contributed by atoms with E-state index in [2.05, 4.69) is 15.2 Å². The van der Waals surface area contributed by atoms with Gasteiger partial charge in [0.05, 0.1) is 4.90 Å². The van der Waals surface area contributed by atoms with Crippen molar-refractivity contribution < 1.29 is 17.3 Å². The molecule has 1 aliphatic heterocycles. The number of aryl methyl sites for hydroxylation is 2. The molecule has 0 spiro atoms. The van der Waals surface area contributed by atoms with Crippen molar-refractivity contribution in [3.05, 3.63) is 71.2 Å². The minimum atomic E-state index is -3.90. The van der Waals surface area contributed by atoms with Gasteiger partial charge in [-0.3, -0.25) is 4.68 Å². The second-order valence-corrected chi connectivity index (χ2v) is 9.59. The average Bonchev–Trinajstić information content (AvgIpc) is 3.41. The van der Waals surface area contributed by atoms with Gasteiger partial charge in [0.25, 0.3) is 5.89 Å². The Balaban J connectivity index is 1.52. The molecule has 3 heterocycles. The maximum atomic E-state index is 13.8. The lowest BCUT2D eigenvalue weighted by Crippen LogP contribution is -2.36.